The smallest absolute Gasteiger partial charge is 0.469 e. The third-order valence-corrected chi connectivity index (χ3v) is 12.5. The molecule has 1 saturated heterocycles. The molecule has 0 aliphatic carbocycles. The Balaban J connectivity index is 0.000000148. The van der Waals surface area contributed by atoms with Crippen LogP contribution in [-0.4, -0.2) is 56.1 Å². The van der Waals surface area contributed by atoms with Crippen LogP contribution in [0.15, 0.2) is 267 Å². The van der Waals surface area contributed by atoms with Crippen LogP contribution in [0.25, 0.3) is 44.5 Å². The van der Waals surface area contributed by atoms with Gasteiger partial charge in [0.15, 0.2) is 0 Å². The van der Waals surface area contributed by atoms with Crippen molar-refractivity contribution in [3.05, 3.63) is 279 Å². The second kappa shape index (κ2) is 28.7. The summed E-state index contributed by atoms with van der Waals surface area (Å²) >= 11 is 0. The van der Waals surface area contributed by atoms with Gasteiger partial charge < -0.3 is 33.0 Å². The van der Waals surface area contributed by atoms with Gasteiger partial charge in [0.05, 0.1) is 13.2 Å². The van der Waals surface area contributed by atoms with Crippen LogP contribution in [0.1, 0.15) is 0 Å². The summed E-state index contributed by atoms with van der Waals surface area (Å²) in [5.74, 6) is -0.819. The fourth-order valence-corrected chi connectivity index (χ4v) is 8.26. The van der Waals surface area contributed by atoms with E-state index in [0.717, 1.165) is 68.6 Å². The molecule has 1 aliphatic rings. The van der Waals surface area contributed by atoms with Crippen LogP contribution >= 0.6 is 0 Å². The van der Waals surface area contributed by atoms with Crippen LogP contribution in [0.5, 0.6) is 0 Å². The third kappa shape index (κ3) is 16.1. The number of benzene rings is 10. The van der Waals surface area contributed by atoms with Gasteiger partial charge in [-0.25, -0.2) is 8.78 Å². The van der Waals surface area contributed by atoms with Gasteiger partial charge in [-0.1, -0.05) is 243 Å². The van der Waals surface area contributed by atoms with E-state index >= 15 is 0 Å². The molecule has 370 valence electrons. The van der Waals surface area contributed by atoms with Crippen molar-refractivity contribution in [3.8, 4) is 44.5 Å². The molecule has 10 aromatic rings. The largest absolute Gasteiger partial charge is 1.00 e. The molecule has 3 N–H and O–H groups in total. The summed E-state index contributed by atoms with van der Waals surface area (Å²) in [5, 5.41) is 28.2. The Labute approximate surface area is 485 Å². The summed E-state index contributed by atoms with van der Waals surface area (Å²) in [7, 11) is -1.57. The summed E-state index contributed by atoms with van der Waals surface area (Å²) in [6.07, 6.45) is 0. The van der Waals surface area contributed by atoms with E-state index < -0.39 is 26.6 Å². The third-order valence-electron chi connectivity index (χ3n) is 12.5. The van der Waals surface area contributed by atoms with Crippen molar-refractivity contribution in [3.63, 3.8) is 0 Å². The predicted molar refractivity (Wildman–Crippen MR) is 302 cm³/mol. The van der Waals surface area contributed by atoms with Gasteiger partial charge in [0.25, 0.3) is 0 Å². The van der Waals surface area contributed by atoms with E-state index in [-0.39, 0.29) is 75.2 Å². The molecule has 0 bridgehead atoms. The molecule has 0 aromatic heterocycles. The maximum atomic E-state index is 14.5. The Hall–Kier alpha value is -6.38. The van der Waals surface area contributed by atoms with Gasteiger partial charge in [0.2, 0.25) is 0 Å². The van der Waals surface area contributed by atoms with E-state index in [2.05, 4.69) is 36.4 Å². The molecule has 0 amide bonds. The molecule has 0 radical (unpaired) electrons. The summed E-state index contributed by atoms with van der Waals surface area (Å²) in [6.45, 7) is -3.25. The zero-order chi connectivity index (χ0) is 52.4. The van der Waals surface area contributed by atoms with Crippen molar-refractivity contribution in [1.29, 1.82) is 0 Å². The van der Waals surface area contributed by atoms with Crippen LogP contribution in [0, 0.1) is 11.6 Å². The van der Waals surface area contributed by atoms with Gasteiger partial charge in [-0.2, -0.15) is 0 Å². The molecule has 5 nitrogen and oxygen atoms in total. The normalized spacial score (nSPS) is 11.5. The number of hydrogen-bond acceptors (Lipinski definition) is 5. The second-order valence-electron chi connectivity index (χ2n) is 17.6. The van der Waals surface area contributed by atoms with Gasteiger partial charge in [0, 0.05) is 0 Å². The molecule has 0 saturated carbocycles. The molecule has 0 atom stereocenters. The maximum absolute atomic E-state index is 14.5. The van der Waals surface area contributed by atoms with E-state index in [1.807, 2.05) is 146 Å². The molecular weight excluding hydrogens is 983 g/mol. The SMILES string of the molecule is Fc1ccc([B-](F)(F)c2ccc(-c3ccccc3)cc2)cc1.OB(O)c1ccc(-c2ccccc2)cc1.OB(c1ccc(F)cc1)c1ccc(-c2ccccc2)cc1.[K+].c1ccc(-c2ccc(B3OCCO3)cc2)cc1. The fraction of sp³-hybridized carbons (Fsp3) is 0.0323. The second-order valence-corrected chi connectivity index (χ2v) is 17.6. The van der Waals surface area contributed by atoms with E-state index in [1.165, 1.54) is 35.4 Å². The van der Waals surface area contributed by atoms with Crippen molar-refractivity contribution < 1.29 is 93.2 Å². The zero-order valence-electron chi connectivity index (χ0n) is 41.8. The standard InChI is InChI=1S/C18H13BF3.C18H14BFO.C14H13BO2.C12H11BO2.K/c20-18-12-10-17(11-13-18)19(21,22)16-8-6-15(7-9-16)14-4-2-1-3-5-14;20-18-12-10-17(11-13-18)19(21)16-8-6-15(7-9-16)14-4-2-1-3-5-14;1-2-4-12(5-3-1)13-6-8-14(9-7-13)15-16-10-11-17-15;14-13(15)12-8-6-11(7-9-12)10-4-2-1-3-5-10;/h1-13H;1-13,21H;1-9H,10-11H2;1-9,14-15H;/q-1;;;;+1. The Kier molecular flexibility index (Phi) is 21.6. The average molecular weight is 1030 g/mol. The molecule has 0 unspecified atom stereocenters. The van der Waals surface area contributed by atoms with E-state index in [0.29, 0.717) is 24.1 Å². The van der Waals surface area contributed by atoms with Crippen LogP contribution < -0.4 is 84.2 Å². The molecule has 14 heteroatoms. The van der Waals surface area contributed by atoms with Crippen LogP contribution in [0.2, 0.25) is 0 Å². The Morgan fingerprint density at radius 2 is 0.605 bits per heavy atom. The van der Waals surface area contributed by atoms with Crippen LogP contribution in [0.4, 0.5) is 17.4 Å². The Morgan fingerprint density at radius 3 is 0.947 bits per heavy atom. The molecule has 1 aliphatic heterocycles. The average Bonchev–Trinajstić information content (AvgIpc) is 4.03. The minimum absolute atomic E-state index is 0. The quantitative estimate of drug-likeness (QED) is 0.105. The summed E-state index contributed by atoms with van der Waals surface area (Å²) in [4.78, 5) is 0. The molecule has 10 aromatic carbocycles. The molecular formula is C62H51B4F4KO5. The maximum Gasteiger partial charge on any atom is 1.00 e. The first kappa shape index (κ1) is 57.3. The first-order valence-corrected chi connectivity index (χ1v) is 24.4. The summed E-state index contributed by atoms with van der Waals surface area (Å²) < 4.78 is 65.7. The Bertz CT molecular complexity index is 3260. The zero-order valence-corrected chi connectivity index (χ0v) is 44.9. The van der Waals surface area contributed by atoms with Crippen molar-refractivity contribution in [2.45, 2.75) is 0 Å². The van der Waals surface area contributed by atoms with E-state index in [1.54, 1.807) is 36.4 Å². The minimum atomic E-state index is -3.88. The van der Waals surface area contributed by atoms with Crippen molar-refractivity contribution in [2.24, 2.45) is 0 Å². The van der Waals surface area contributed by atoms with Crippen molar-refractivity contribution in [1.82, 2.24) is 0 Å². The van der Waals surface area contributed by atoms with Crippen molar-refractivity contribution in [2.75, 3.05) is 13.2 Å². The van der Waals surface area contributed by atoms with Gasteiger partial charge in [-0.05, 0) is 90.6 Å². The van der Waals surface area contributed by atoms with Crippen LogP contribution in [-0.2, 0) is 9.31 Å². The van der Waals surface area contributed by atoms with E-state index in [4.69, 9.17) is 19.4 Å². The molecule has 0 spiro atoms. The number of halogens is 4. The topological polar surface area (TPSA) is 79.2 Å². The van der Waals surface area contributed by atoms with Crippen LogP contribution in [0.3, 0.4) is 0 Å². The number of rotatable bonds is 10. The van der Waals surface area contributed by atoms with Gasteiger partial charge in [0.1, 0.15) is 11.6 Å². The summed E-state index contributed by atoms with van der Waals surface area (Å²) in [5.41, 5.74) is 11.6. The molecule has 76 heavy (non-hydrogen) atoms. The minimum Gasteiger partial charge on any atom is -0.469 e. The Morgan fingerprint density at radius 1 is 0.342 bits per heavy atom. The van der Waals surface area contributed by atoms with Crippen molar-refractivity contribution >= 4 is 60.6 Å². The van der Waals surface area contributed by atoms with Gasteiger partial charge >= 0.3 is 79.2 Å². The van der Waals surface area contributed by atoms with E-state index in [9.17, 15) is 22.4 Å². The molecule has 1 fully saturated rings. The monoisotopic (exact) mass is 1030 g/mol. The predicted octanol–water partition coefficient (Wildman–Crippen LogP) is 6.71. The van der Waals surface area contributed by atoms with Gasteiger partial charge in [-0.3, -0.25) is 0 Å². The summed E-state index contributed by atoms with van der Waals surface area (Å²) in [6, 6.07) is 79.8. The molecule has 11 rings (SSSR count). The molecule has 1 heterocycles. The number of hydrogen-bond donors (Lipinski definition) is 3. The first-order valence-electron chi connectivity index (χ1n) is 24.4. The van der Waals surface area contributed by atoms with Gasteiger partial charge in [-0.15, -0.1) is 10.9 Å². The fourth-order valence-electron chi connectivity index (χ4n) is 8.26. The first-order chi connectivity index (χ1) is 36.5.